The first-order chi connectivity index (χ1) is 12.1. The largest absolute Gasteiger partial charge is 0.497 e. The molecule has 25 heavy (non-hydrogen) atoms. The van der Waals surface area contributed by atoms with E-state index in [-0.39, 0.29) is 17.4 Å². The molecule has 1 N–H and O–H groups in total. The topological polar surface area (TPSA) is 93.8 Å². The second-order valence-electron chi connectivity index (χ2n) is 5.67. The van der Waals surface area contributed by atoms with Crippen molar-refractivity contribution in [2.24, 2.45) is 10.9 Å². The Bertz CT molecular complexity index is 848. The summed E-state index contributed by atoms with van der Waals surface area (Å²) in [6.45, 7) is 0.763. The van der Waals surface area contributed by atoms with Gasteiger partial charge in [-0.15, -0.1) is 0 Å². The van der Waals surface area contributed by atoms with E-state index < -0.39 is 4.92 Å². The summed E-state index contributed by atoms with van der Waals surface area (Å²) >= 11 is 0. The van der Waals surface area contributed by atoms with Crippen LogP contribution < -0.4 is 10.1 Å². The number of hydrogen-bond acceptors (Lipinski definition) is 6. The highest BCUT2D eigenvalue weighted by Crippen LogP contribution is 2.19. The van der Waals surface area contributed by atoms with Gasteiger partial charge in [-0.3, -0.25) is 19.9 Å². The van der Waals surface area contributed by atoms with Gasteiger partial charge in [0, 0.05) is 29.8 Å². The minimum atomic E-state index is -0.442. The molecule has 1 unspecified atom stereocenters. The van der Waals surface area contributed by atoms with E-state index in [4.69, 9.17) is 4.74 Å². The molecule has 1 aliphatic rings. The first-order valence-electron chi connectivity index (χ1n) is 7.80. The van der Waals surface area contributed by atoms with Gasteiger partial charge < -0.3 is 10.1 Å². The molecular weight excluding hydrogens is 322 g/mol. The smallest absolute Gasteiger partial charge is 0.270 e. The fourth-order valence-electron chi connectivity index (χ4n) is 2.69. The highest BCUT2D eigenvalue weighted by atomic mass is 16.6. The average molecular weight is 339 g/mol. The van der Waals surface area contributed by atoms with Crippen molar-refractivity contribution in [2.45, 2.75) is 0 Å². The zero-order chi connectivity index (χ0) is 17.8. The number of nitro groups is 1. The van der Waals surface area contributed by atoms with Crippen molar-refractivity contribution in [2.75, 3.05) is 20.2 Å². The van der Waals surface area contributed by atoms with Crippen LogP contribution in [0.15, 0.2) is 53.5 Å². The molecule has 0 amide bonds. The predicted octanol–water partition coefficient (Wildman–Crippen LogP) is 2.45. The number of methoxy groups -OCH3 is 1. The second-order valence-corrected chi connectivity index (χ2v) is 5.67. The average Bonchev–Trinajstić information content (AvgIpc) is 2.67. The van der Waals surface area contributed by atoms with Crippen LogP contribution in [-0.4, -0.2) is 36.7 Å². The van der Waals surface area contributed by atoms with Crippen LogP contribution in [0.5, 0.6) is 5.75 Å². The molecule has 0 bridgehead atoms. The minimum absolute atomic E-state index is 0.00626. The number of ether oxygens (including phenoxy) is 1. The van der Waals surface area contributed by atoms with Crippen LogP contribution in [0.25, 0.3) is 0 Å². The third kappa shape index (κ3) is 3.65. The molecule has 1 aliphatic heterocycles. The molecule has 0 saturated carbocycles. The van der Waals surface area contributed by atoms with Crippen LogP contribution in [0.1, 0.15) is 15.9 Å². The SMILES string of the molecule is COc1cccc(C(=O)C2CN=C(c3cccc([N+](=O)[O-])c3)NC2)c1. The second kappa shape index (κ2) is 7.12. The van der Waals surface area contributed by atoms with Gasteiger partial charge in [-0.05, 0) is 12.1 Å². The van der Waals surface area contributed by atoms with E-state index in [1.165, 1.54) is 12.1 Å². The number of rotatable bonds is 5. The standard InChI is InChI=1S/C18H17N3O4/c1-25-16-7-3-4-12(9-16)17(22)14-10-19-18(20-11-14)13-5-2-6-15(8-13)21(23)24/h2-9,14H,10-11H2,1H3,(H,19,20). The lowest BCUT2D eigenvalue weighted by Gasteiger charge is -2.22. The van der Waals surface area contributed by atoms with Gasteiger partial charge in [-0.25, -0.2) is 0 Å². The Morgan fingerprint density at radius 2 is 2.08 bits per heavy atom. The number of non-ortho nitro benzene ring substituents is 1. The van der Waals surface area contributed by atoms with Crippen molar-refractivity contribution in [3.05, 3.63) is 69.8 Å². The van der Waals surface area contributed by atoms with E-state index in [0.717, 1.165) is 0 Å². The number of nitrogens with zero attached hydrogens (tertiary/aromatic N) is 2. The Morgan fingerprint density at radius 1 is 1.28 bits per heavy atom. The number of carbonyl (C=O) groups excluding carboxylic acids is 1. The van der Waals surface area contributed by atoms with E-state index >= 15 is 0 Å². The lowest BCUT2D eigenvalue weighted by atomic mass is 9.96. The van der Waals surface area contributed by atoms with Crippen LogP contribution in [0, 0.1) is 16.0 Å². The summed E-state index contributed by atoms with van der Waals surface area (Å²) in [5, 5.41) is 14.0. The van der Waals surface area contributed by atoms with Gasteiger partial charge >= 0.3 is 0 Å². The minimum Gasteiger partial charge on any atom is -0.497 e. The summed E-state index contributed by atoms with van der Waals surface area (Å²) in [5.74, 6) is 0.914. The molecule has 0 aromatic heterocycles. The van der Waals surface area contributed by atoms with E-state index in [2.05, 4.69) is 10.3 Å². The summed E-state index contributed by atoms with van der Waals surface area (Å²) < 4.78 is 5.15. The summed E-state index contributed by atoms with van der Waals surface area (Å²) in [6.07, 6.45) is 0. The van der Waals surface area contributed by atoms with Gasteiger partial charge in [0.15, 0.2) is 5.78 Å². The number of benzene rings is 2. The predicted molar refractivity (Wildman–Crippen MR) is 93.3 cm³/mol. The number of ketones is 1. The van der Waals surface area contributed by atoms with E-state index in [9.17, 15) is 14.9 Å². The molecule has 0 spiro atoms. The van der Waals surface area contributed by atoms with Crippen molar-refractivity contribution in [1.82, 2.24) is 5.32 Å². The van der Waals surface area contributed by atoms with Gasteiger partial charge in [-0.2, -0.15) is 0 Å². The maximum absolute atomic E-state index is 12.6. The molecule has 2 aromatic rings. The number of Topliss-reactive ketones (excluding diaryl/α,β-unsaturated/α-hetero) is 1. The third-order valence-electron chi connectivity index (χ3n) is 4.04. The molecule has 128 valence electrons. The van der Waals surface area contributed by atoms with Gasteiger partial charge in [0.2, 0.25) is 0 Å². The van der Waals surface area contributed by atoms with E-state index in [1.807, 2.05) is 0 Å². The number of nitrogens with one attached hydrogen (secondary N) is 1. The van der Waals surface area contributed by atoms with Crippen molar-refractivity contribution in [1.29, 1.82) is 0 Å². The van der Waals surface area contributed by atoms with Gasteiger partial charge in [0.05, 0.1) is 24.5 Å². The molecule has 1 atom stereocenters. The van der Waals surface area contributed by atoms with Gasteiger partial charge in [-0.1, -0.05) is 24.3 Å². The lowest BCUT2D eigenvalue weighted by molar-refractivity contribution is -0.384. The molecule has 0 radical (unpaired) electrons. The van der Waals surface area contributed by atoms with Crippen molar-refractivity contribution < 1.29 is 14.5 Å². The Kier molecular flexibility index (Phi) is 4.74. The first-order valence-corrected chi connectivity index (χ1v) is 7.80. The summed E-state index contributed by atoms with van der Waals surface area (Å²) in [5.41, 5.74) is 1.23. The maximum atomic E-state index is 12.6. The fourth-order valence-corrected chi connectivity index (χ4v) is 2.69. The lowest BCUT2D eigenvalue weighted by Crippen LogP contribution is -2.39. The molecule has 7 heteroatoms. The number of carbonyl (C=O) groups is 1. The summed E-state index contributed by atoms with van der Waals surface area (Å²) in [4.78, 5) is 27.4. The normalized spacial score (nSPS) is 16.5. The molecule has 0 fully saturated rings. The van der Waals surface area contributed by atoms with Crippen LogP contribution in [0.3, 0.4) is 0 Å². The summed E-state index contributed by atoms with van der Waals surface area (Å²) in [7, 11) is 1.56. The quantitative estimate of drug-likeness (QED) is 0.513. The molecule has 2 aromatic carbocycles. The van der Waals surface area contributed by atoms with Crippen LogP contribution in [0.2, 0.25) is 0 Å². The molecular formula is C18H17N3O4. The number of amidine groups is 1. The monoisotopic (exact) mass is 339 g/mol. The Hall–Kier alpha value is -3.22. The van der Waals surface area contributed by atoms with Crippen LogP contribution in [-0.2, 0) is 0 Å². The third-order valence-corrected chi connectivity index (χ3v) is 4.04. The van der Waals surface area contributed by atoms with Crippen molar-refractivity contribution >= 4 is 17.3 Å². The zero-order valence-corrected chi connectivity index (χ0v) is 13.6. The van der Waals surface area contributed by atoms with E-state index in [0.29, 0.717) is 35.8 Å². The number of hydrogen-bond donors (Lipinski definition) is 1. The van der Waals surface area contributed by atoms with Gasteiger partial charge in [0.1, 0.15) is 11.6 Å². The zero-order valence-electron chi connectivity index (χ0n) is 13.6. The number of aliphatic imine (C=N–C) groups is 1. The molecule has 7 nitrogen and oxygen atoms in total. The number of nitro benzene ring substituents is 1. The highest BCUT2D eigenvalue weighted by molar-refractivity contribution is 6.02. The molecule has 3 rings (SSSR count). The molecule has 0 saturated heterocycles. The summed E-state index contributed by atoms with van der Waals surface area (Å²) in [6, 6.07) is 13.3. The van der Waals surface area contributed by atoms with Crippen molar-refractivity contribution in [3.63, 3.8) is 0 Å². The van der Waals surface area contributed by atoms with Crippen LogP contribution in [0.4, 0.5) is 5.69 Å². The molecule has 1 heterocycles. The Labute approximate surface area is 144 Å². The first kappa shape index (κ1) is 16.6. The molecule has 0 aliphatic carbocycles. The van der Waals surface area contributed by atoms with Crippen LogP contribution >= 0.6 is 0 Å². The highest BCUT2D eigenvalue weighted by Gasteiger charge is 2.24. The fraction of sp³-hybridized carbons (Fsp3) is 0.222. The van der Waals surface area contributed by atoms with Crippen molar-refractivity contribution in [3.8, 4) is 5.75 Å². The Morgan fingerprint density at radius 3 is 2.76 bits per heavy atom. The Balaban J connectivity index is 1.74. The maximum Gasteiger partial charge on any atom is 0.270 e. The van der Waals surface area contributed by atoms with Gasteiger partial charge in [0.25, 0.3) is 5.69 Å². The van der Waals surface area contributed by atoms with E-state index in [1.54, 1.807) is 43.5 Å².